The third-order valence-corrected chi connectivity index (χ3v) is 2.39. The van der Waals surface area contributed by atoms with Gasteiger partial charge in [-0.3, -0.25) is 5.43 Å². The van der Waals surface area contributed by atoms with Crippen molar-refractivity contribution in [3.8, 4) is 17.7 Å². The molecule has 3 N–H and O–H groups in total. The summed E-state index contributed by atoms with van der Waals surface area (Å²) in [5.74, 6) is 4.51. The number of rotatable bonds is 3. The number of halogens is 2. The van der Waals surface area contributed by atoms with Crippen LogP contribution in [0.3, 0.4) is 0 Å². The van der Waals surface area contributed by atoms with Crippen molar-refractivity contribution in [1.82, 2.24) is 9.97 Å². The van der Waals surface area contributed by atoms with Gasteiger partial charge in [0, 0.05) is 0 Å². The SMILES string of the molecule is N#Cc1c(F)cccc1Oc1nc(NN)ncc1Cl. The van der Waals surface area contributed by atoms with Crippen LogP contribution in [0.15, 0.2) is 24.4 Å². The number of benzene rings is 1. The number of ether oxygens (including phenoxy) is 1. The zero-order valence-corrected chi connectivity index (χ0v) is 10.1. The second-order valence-corrected chi connectivity index (χ2v) is 3.73. The molecule has 19 heavy (non-hydrogen) atoms. The molecule has 0 saturated carbocycles. The molecule has 0 saturated heterocycles. The number of nitrogens with zero attached hydrogens (tertiary/aromatic N) is 3. The summed E-state index contributed by atoms with van der Waals surface area (Å²) in [4.78, 5) is 7.62. The van der Waals surface area contributed by atoms with Crippen LogP contribution >= 0.6 is 11.6 Å². The minimum Gasteiger partial charge on any atom is -0.436 e. The van der Waals surface area contributed by atoms with Crippen molar-refractivity contribution in [2.45, 2.75) is 0 Å². The molecule has 0 fully saturated rings. The van der Waals surface area contributed by atoms with E-state index in [9.17, 15) is 4.39 Å². The second-order valence-electron chi connectivity index (χ2n) is 3.32. The summed E-state index contributed by atoms with van der Waals surface area (Å²) < 4.78 is 18.7. The van der Waals surface area contributed by atoms with E-state index in [4.69, 9.17) is 27.4 Å². The summed E-state index contributed by atoms with van der Waals surface area (Å²) in [7, 11) is 0. The molecule has 6 nitrogen and oxygen atoms in total. The van der Waals surface area contributed by atoms with Crippen LogP contribution in [-0.2, 0) is 0 Å². The molecule has 0 amide bonds. The van der Waals surface area contributed by atoms with Gasteiger partial charge in [-0.1, -0.05) is 17.7 Å². The molecule has 2 aromatic rings. The largest absolute Gasteiger partial charge is 0.436 e. The summed E-state index contributed by atoms with van der Waals surface area (Å²) in [6.07, 6.45) is 1.27. The monoisotopic (exact) mass is 279 g/mol. The smallest absolute Gasteiger partial charge is 0.243 e. The Labute approximate surface area is 112 Å². The molecule has 1 aromatic carbocycles. The minimum atomic E-state index is -0.692. The van der Waals surface area contributed by atoms with Gasteiger partial charge in [0.05, 0.1) is 6.20 Å². The molecule has 96 valence electrons. The number of nitrogens with two attached hydrogens (primary N) is 1. The predicted octanol–water partition coefficient (Wildman–Crippen LogP) is 2.22. The molecule has 0 bridgehead atoms. The highest BCUT2D eigenvalue weighted by Gasteiger charge is 2.13. The first kappa shape index (κ1) is 13.0. The number of aromatic nitrogens is 2. The van der Waals surface area contributed by atoms with Crippen molar-refractivity contribution < 1.29 is 9.13 Å². The predicted molar refractivity (Wildman–Crippen MR) is 66.0 cm³/mol. The molecule has 0 radical (unpaired) electrons. The first-order chi connectivity index (χ1) is 9.15. The highest BCUT2D eigenvalue weighted by Crippen LogP contribution is 2.30. The third-order valence-electron chi connectivity index (χ3n) is 2.13. The lowest BCUT2D eigenvalue weighted by Gasteiger charge is -2.09. The Kier molecular flexibility index (Phi) is 3.75. The molecule has 0 aliphatic rings. The summed E-state index contributed by atoms with van der Waals surface area (Å²) in [5, 5.41) is 8.98. The number of anilines is 1. The molecular formula is C11H7ClFN5O. The zero-order valence-electron chi connectivity index (χ0n) is 9.39. The van der Waals surface area contributed by atoms with Gasteiger partial charge in [0.1, 0.15) is 28.2 Å². The van der Waals surface area contributed by atoms with Crippen molar-refractivity contribution in [3.63, 3.8) is 0 Å². The summed E-state index contributed by atoms with van der Waals surface area (Å²) >= 11 is 5.84. The van der Waals surface area contributed by atoms with Crippen molar-refractivity contribution >= 4 is 17.5 Å². The van der Waals surface area contributed by atoms with Crippen LogP contribution < -0.4 is 16.0 Å². The molecule has 2 rings (SSSR count). The number of nitrogen functional groups attached to an aromatic ring is 1. The lowest BCUT2D eigenvalue weighted by molar-refractivity contribution is 0.455. The Morgan fingerprint density at radius 3 is 2.95 bits per heavy atom. The Morgan fingerprint density at radius 1 is 1.47 bits per heavy atom. The maximum Gasteiger partial charge on any atom is 0.243 e. The van der Waals surface area contributed by atoms with Crippen molar-refractivity contribution in [2.75, 3.05) is 5.43 Å². The van der Waals surface area contributed by atoms with Crippen molar-refractivity contribution in [2.24, 2.45) is 5.84 Å². The van der Waals surface area contributed by atoms with E-state index in [1.165, 1.54) is 18.3 Å². The first-order valence-corrected chi connectivity index (χ1v) is 5.39. The Morgan fingerprint density at radius 2 is 2.26 bits per heavy atom. The van der Waals surface area contributed by atoms with Crippen LogP contribution in [0.5, 0.6) is 11.6 Å². The van der Waals surface area contributed by atoms with E-state index in [1.807, 2.05) is 0 Å². The highest BCUT2D eigenvalue weighted by molar-refractivity contribution is 6.31. The standard InChI is InChI=1S/C11H7ClFN5O/c12-7-5-16-11(18-15)17-10(7)19-9-3-1-2-8(13)6(9)4-14/h1-3,5H,15H2,(H,16,17,18). The fraction of sp³-hybridized carbons (Fsp3) is 0. The number of hydrogen-bond acceptors (Lipinski definition) is 6. The van der Waals surface area contributed by atoms with Gasteiger partial charge in [0.2, 0.25) is 11.8 Å². The molecule has 0 unspecified atom stereocenters. The van der Waals surface area contributed by atoms with E-state index < -0.39 is 5.82 Å². The minimum absolute atomic E-state index is 0.00562. The fourth-order valence-corrected chi connectivity index (χ4v) is 1.42. The van der Waals surface area contributed by atoms with Gasteiger partial charge in [0.25, 0.3) is 0 Å². The fourth-order valence-electron chi connectivity index (χ4n) is 1.29. The molecule has 1 heterocycles. The van der Waals surface area contributed by atoms with Crippen LogP contribution in [0.2, 0.25) is 5.02 Å². The molecule has 0 spiro atoms. The van der Waals surface area contributed by atoms with Gasteiger partial charge in [-0.25, -0.2) is 15.2 Å². The van der Waals surface area contributed by atoms with Gasteiger partial charge < -0.3 is 4.74 Å². The van der Waals surface area contributed by atoms with Crippen LogP contribution in [0.25, 0.3) is 0 Å². The van der Waals surface area contributed by atoms with E-state index in [2.05, 4.69) is 15.4 Å². The maximum absolute atomic E-state index is 13.4. The van der Waals surface area contributed by atoms with Gasteiger partial charge in [-0.15, -0.1) is 0 Å². The number of nitrogens with one attached hydrogen (secondary N) is 1. The Balaban J connectivity index is 2.42. The summed E-state index contributed by atoms with van der Waals surface area (Å²) in [5.41, 5.74) is 1.98. The highest BCUT2D eigenvalue weighted by atomic mass is 35.5. The molecule has 0 aliphatic carbocycles. The van der Waals surface area contributed by atoms with Gasteiger partial charge >= 0.3 is 0 Å². The van der Waals surface area contributed by atoms with Gasteiger partial charge in [-0.05, 0) is 12.1 Å². The van der Waals surface area contributed by atoms with Crippen LogP contribution in [0.1, 0.15) is 5.56 Å². The number of nitriles is 1. The lowest BCUT2D eigenvalue weighted by Crippen LogP contribution is -2.10. The van der Waals surface area contributed by atoms with Crippen molar-refractivity contribution in [1.29, 1.82) is 5.26 Å². The van der Waals surface area contributed by atoms with Crippen LogP contribution in [0.4, 0.5) is 10.3 Å². The average Bonchev–Trinajstić information content (AvgIpc) is 2.41. The van der Waals surface area contributed by atoms with Gasteiger partial charge in [-0.2, -0.15) is 10.2 Å². The number of hydrazine groups is 1. The van der Waals surface area contributed by atoms with Crippen LogP contribution in [0, 0.1) is 17.1 Å². The number of hydrogen-bond donors (Lipinski definition) is 2. The van der Waals surface area contributed by atoms with E-state index >= 15 is 0 Å². The lowest BCUT2D eigenvalue weighted by atomic mass is 10.2. The quantitative estimate of drug-likeness (QED) is 0.660. The average molecular weight is 280 g/mol. The van der Waals surface area contributed by atoms with E-state index in [-0.39, 0.29) is 28.2 Å². The topological polar surface area (TPSA) is 96.8 Å². The molecule has 1 aromatic heterocycles. The molecule has 0 aliphatic heterocycles. The van der Waals surface area contributed by atoms with E-state index in [1.54, 1.807) is 6.07 Å². The first-order valence-electron chi connectivity index (χ1n) is 5.01. The molecular weight excluding hydrogens is 273 g/mol. The van der Waals surface area contributed by atoms with E-state index in [0.29, 0.717) is 0 Å². The maximum atomic E-state index is 13.4. The normalized spacial score (nSPS) is 9.79. The summed E-state index contributed by atoms with van der Waals surface area (Å²) in [6, 6.07) is 5.69. The van der Waals surface area contributed by atoms with Crippen molar-refractivity contribution in [3.05, 3.63) is 40.8 Å². The van der Waals surface area contributed by atoms with Gasteiger partial charge in [0.15, 0.2) is 0 Å². The second kappa shape index (κ2) is 5.48. The third kappa shape index (κ3) is 2.70. The summed E-state index contributed by atoms with van der Waals surface area (Å²) in [6.45, 7) is 0. The Hall–Kier alpha value is -2.43. The molecule has 8 heteroatoms. The Bertz CT molecular complexity index is 658. The van der Waals surface area contributed by atoms with E-state index in [0.717, 1.165) is 6.07 Å². The molecule has 0 atom stereocenters. The zero-order chi connectivity index (χ0) is 13.8. The van der Waals surface area contributed by atoms with Crippen LogP contribution in [-0.4, -0.2) is 9.97 Å².